The van der Waals surface area contributed by atoms with E-state index < -0.39 is 0 Å². The minimum atomic E-state index is -0.204. The van der Waals surface area contributed by atoms with Crippen molar-refractivity contribution in [2.75, 3.05) is 0 Å². The minimum Gasteiger partial charge on any atom is -0.322 e. The van der Waals surface area contributed by atoms with Crippen LogP contribution in [0.1, 0.15) is 27.9 Å². The fourth-order valence-corrected chi connectivity index (χ4v) is 2.46. The van der Waals surface area contributed by atoms with Gasteiger partial charge in [0.1, 0.15) is 5.82 Å². The summed E-state index contributed by atoms with van der Waals surface area (Å²) in [6.45, 7) is 3.86. The molecule has 0 aliphatic heterocycles. The maximum Gasteiger partial charge on any atom is 0.123 e. The van der Waals surface area contributed by atoms with E-state index in [-0.39, 0.29) is 11.9 Å². The van der Waals surface area contributed by atoms with Gasteiger partial charge >= 0.3 is 0 Å². The fraction of sp³-hybridized carbons (Fsp3) is 0.308. The average Bonchev–Trinajstić information content (AvgIpc) is 2.69. The molecular weight excluding hydrogens is 235 g/mol. The number of aromatic nitrogens is 1. The van der Waals surface area contributed by atoms with Crippen LogP contribution in [0, 0.1) is 19.7 Å². The highest BCUT2D eigenvalue weighted by atomic mass is 32.1. The molecule has 17 heavy (non-hydrogen) atoms. The molecule has 1 aromatic heterocycles. The van der Waals surface area contributed by atoms with Crippen LogP contribution in [-0.4, -0.2) is 4.98 Å². The third kappa shape index (κ3) is 2.90. The molecular formula is C13H15FN2S. The van der Waals surface area contributed by atoms with Crippen molar-refractivity contribution in [1.82, 2.24) is 4.98 Å². The number of hydrogen-bond acceptors (Lipinski definition) is 3. The van der Waals surface area contributed by atoms with Crippen molar-refractivity contribution in [3.05, 3.63) is 51.2 Å². The normalized spacial score (nSPS) is 12.7. The third-order valence-corrected chi connectivity index (χ3v) is 3.55. The molecule has 2 aromatic rings. The van der Waals surface area contributed by atoms with Crippen LogP contribution in [0.15, 0.2) is 23.6 Å². The molecule has 1 unspecified atom stereocenters. The molecule has 0 spiro atoms. The van der Waals surface area contributed by atoms with E-state index in [4.69, 9.17) is 5.73 Å². The average molecular weight is 250 g/mol. The van der Waals surface area contributed by atoms with Gasteiger partial charge in [0.2, 0.25) is 0 Å². The summed E-state index contributed by atoms with van der Waals surface area (Å²) in [5.41, 5.74) is 9.02. The highest BCUT2D eigenvalue weighted by Crippen LogP contribution is 2.20. The molecule has 1 atom stereocenters. The summed E-state index contributed by atoms with van der Waals surface area (Å²) in [6.07, 6.45) is 0.690. The van der Waals surface area contributed by atoms with E-state index in [2.05, 4.69) is 4.98 Å². The van der Waals surface area contributed by atoms with Gasteiger partial charge in [-0.1, -0.05) is 6.07 Å². The molecule has 2 N–H and O–H groups in total. The van der Waals surface area contributed by atoms with Crippen LogP contribution in [0.3, 0.4) is 0 Å². The molecule has 0 saturated carbocycles. The second kappa shape index (κ2) is 4.94. The van der Waals surface area contributed by atoms with Gasteiger partial charge in [0.25, 0.3) is 0 Å². The van der Waals surface area contributed by atoms with Crippen molar-refractivity contribution in [2.45, 2.75) is 26.3 Å². The number of rotatable bonds is 3. The molecule has 2 nitrogen and oxygen atoms in total. The van der Waals surface area contributed by atoms with Gasteiger partial charge in [-0.05, 0) is 43.5 Å². The largest absolute Gasteiger partial charge is 0.322 e. The van der Waals surface area contributed by atoms with Crippen LogP contribution in [-0.2, 0) is 6.42 Å². The molecule has 90 valence electrons. The molecule has 1 aromatic carbocycles. The van der Waals surface area contributed by atoms with E-state index in [0.717, 1.165) is 21.8 Å². The zero-order valence-corrected chi connectivity index (χ0v) is 10.7. The summed E-state index contributed by atoms with van der Waals surface area (Å²) in [5.74, 6) is -0.204. The summed E-state index contributed by atoms with van der Waals surface area (Å²) < 4.78 is 13.0. The predicted molar refractivity (Wildman–Crippen MR) is 68.6 cm³/mol. The van der Waals surface area contributed by atoms with Gasteiger partial charge in [0.05, 0.1) is 16.7 Å². The number of aryl methyl sites for hydroxylation is 2. The molecule has 1 heterocycles. The number of halogens is 1. The number of thiazole rings is 1. The van der Waals surface area contributed by atoms with Crippen molar-refractivity contribution in [1.29, 1.82) is 0 Å². The lowest BCUT2D eigenvalue weighted by Gasteiger charge is -2.11. The van der Waals surface area contributed by atoms with Gasteiger partial charge in [-0.3, -0.25) is 0 Å². The molecule has 0 aliphatic rings. The second-order valence-corrected chi connectivity index (χ2v) is 5.24. The maximum atomic E-state index is 13.0. The van der Waals surface area contributed by atoms with E-state index in [0.29, 0.717) is 6.42 Å². The van der Waals surface area contributed by atoms with Gasteiger partial charge < -0.3 is 5.73 Å². The lowest BCUT2D eigenvalue weighted by molar-refractivity contribution is 0.623. The first kappa shape index (κ1) is 12.2. The minimum absolute atomic E-state index is 0.121. The summed E-state index contributed by atoms with van der Waals surface area (Å²) in [7, 11) is 0. The van der Waals surface area contributed by atoms with Gasteiger partial charge in [-0.15, -0.1) is 11.3 Å². The second-order valence-electron chi connectivity index (χ2n) is 4.17. The molecule has 0 bridgehead atoms. The zero-order valence-electron chi connectivity index (χ0n) is 9.90. The summed E-state index contributed by atoms with van der Waals surface area (Å²) in [5, 5.41) is 3.00. The molecule has 2 rings (SSSR count). The highest BCUT2D eigenvalue weighted by Gasteiger charge is 2.11. The van der Waals surface area contributed by atoms with Crippen LogP contribution in [0.4, 0.5) is 4.39 Å². The third-order valence-electron chi connectivity index (χ3n) is 2.76. The molecule has 0 fully saturated rings. The van der Waals surface area contributed by atoms with Gasteiger partial charge in [0.15, 0.2) is 0 Å². The Hall–Kier alpha value is -1.26. The standard InChI is InChI=1S/C13H15FN2S/c1-8-5-11(14)4-3-10(8)6-12(15)13-7-17-9(2)16-13/h3-5,7,12H,6,15H2,1-2H3. The first-order valence-corrected chi connectivity index (χ1v) is 6.37. The lowest BCUT2D eigenvalue weighted by Crippen LogP contribution is -2.14. The Kier molecular flexibility index (Phi) is 3.54. The van der Waals surface area contributed by atoms with E-state index in [1.807, 2.05) is 19.2 Å². The maximum absolute atomic E-state index is 13.0. The summed E-state index contributed by atoms with van der Waals surface area (Å²) >= 11 is 1.60. The quantitative estimate of drug-likeness (QED) is 0.909. The molecule has 0 saturated heterocycles. The van der Waals surface area contributed by atoms with Crippen LogP contribution in [0.5, 0.6) is 0 Å². The van der Waals surface area contributed by atoms with Crippen LogP contribution < -0.4 is 5.73 Å². The number of nitrogens with two attached hydrogens (primary N) is 1. The fourth-order valence-electron chi connectivity index (χ4n) is 1.78. The number of nitrogens with zero attached hydrogens (tertiary/aromatic N) is 1. The zero-order chi connectivity index (χ0) is 12.4. The van der Waals surface area contributed by atoms with E-state index in [1.54, 1.807) is 17.4 Å². The predicted octanol–water partition coefficient (Wildman–Crippen LogP) is 3.14. The van der Waals surface area contributed by atoms with Crippen LogP contribution in [0.2, 0.25) is 0 Å². The van der Waals surface area contributed by atoms with Crippen molar-refractivity contribution in [3.63, 3.8) is 0 Å². The van der Waals surface area contributed by atoms with Crippen molar-refractivity contribution >= 4 is 11.3 Å². The number of benzene rings is 1. The Morgan fingerprint density at radius 2 is 2.18 bits per heavy atom. The van der Waals surface area contributed by atoms with E-state index in [1.165, 1.54) is 12.1 Å². The van der Waals surface area contributed by atoms with Crippen molar-refractivity contribution in [2.24, 2.45) is 5.73 Å². The van der Waals surface area contributed by atoms with Gasteiger partial charge in [0, 0.05) is 5.38 Å². The summed E-state index contributed by atoms with van der Waals surface area (Å²) in [6, 6.07) is 4.68. The van der Waals surface area contributed by atoms with Gasteiger partial charge in [-0.25, -0.2) is 9.37 Å². The Labute approximate surface area is 104 Å². The van der Waals surface area contributed by atoms with Crippen LogP contribution >= 0.6 is 11.3 Å². The van der Waals surface area contributed by atoms with Crippen molar-refractivity contribution < 1.29 is 4.39 Å². The van der Waals surface area contributed by atoms with Crippen molar-refractivity contribution in [3.8, 4) is 0 Å². The molecule has 4 heteroatoms. The van der Waals surface area contributed by atoms with Gasteiger partial charge in [-0.2, -0.15) is 0 Å². The Balaban J connectivity index is 2.15. The number of hydrogen-bond donors (Lipinski definition) is 1. The molecule has 0 radical (unpaired) electrons. The topological polar surface area (TPSA) is 38.9 Å². The SMILES string of the molecule is Cc1nc(C(N)Cc2ccc(F)cc2C)cs1. The monoisotopic (exact) mass is 250 g/mol. The van der Waals surface area contributed by atoms with E-state index in [9.17, 15) is 4.39 Å². The Morgan fingerprint density at radius 1 is 1.41 bits per heavy atom. The lowest BCUT2D eigenvalue weighted by atomic mass is 10.0. The first-order valence-electron chi connectivity index (χ1n) is 5.49. The summed E-state index contributed by atoms with van der Waals surface area (Å²) in [4.78, 5) is 4.37. The smallest absolute Gasteiger partial charge is 0.123 e. The molecule has 0 aliphatic carbocycles. The molecule has 0 amide bonds. The Morgan fingerprint density at radius 3 is 2.76 bits per heavy atom. The first-order chi connectivity index (χ1) is 8.06. The Bertz CT molecular complexity index is 522. The highest BCUT2D eigenvalue weighted by molar-refractivity contribution is 7.09. The van der Waals surface area contributed by atoms with Crippen LogP contribution in [0.25, 0.3) is 0 Å². The van der Waals surface area contributed by atoms with E-state index >= 15 is 0 Å².